The summed E-state index contributed by atoms with van der Waals surface area (Å²) < 4.78 is 1.77. The summed E-state index contributed by atoms with van der Waals surface area (Å²) in [7, 11) is 0. The first-order valence-electron chi connectivity index (χ1n) is 10.5. The minimum atomic E-state index is -0.174. The van der Waals surface area contributed by atoms with Crippen molar-refractivity contribution in [1.82, 2.24) is 25.0 Å². The largest absolute Gasteiger partial charge is 0.368 e. The van der Waals surface area contributed by atoms with Crippen LogP contribution in [0.5, 0.6) is 0 Å². The number of rotatable bonds is 6. The average molecular weight is 446 g/mol. The number of H-pyrrole nitrogens is 1. The molecular weight excluding hydrogens is 422 g/mol. The predicted molar refractivity (Wildman–Crippen MR) is 126 cm³/mol. The van der Waals surface area contributed by atoms with Crippen LogP contribution in [-0.4, -0.2) is 36.6 Å². The molecule has 9 heteroatoms. The highest BCUT2D eigenvalue weighted by Gasteiger charge is 2.16. The zero-order valence-corrected chi connectivity index (χ0v) is 18.2. The normalized spacial score (nSPS) is 13.0. The number of carbonyl (C=O) groups is 1. The van der Waals surface area contributed by atoms with Crippen LogP contribution in [0.2, 0.25) is 0 Å². The molecule has 2 aromatic heterocycles. The van der Waals surface area contributed by atoms with Crippen LogP contribution in [0.25, 0.3) is 16.9 Å². The number of fused-ring (bicyclic) bond motifs is 1. The molecule has 0 saturated heterocycles. The molecule has 2 heterocycles. The van der Waals surface area contributed by atoms with Gasteiger partial charge in [-0.05, 0) is 55.0 Å². The van der Waals surface area contributed by atoms with Crippen molar-refractivity contribution in [2.45, 2.75) is 30.8 Å². The number of nitrogens with one attached hydrogen (secondary N) is 2. The summed E-state index contributed by atoms with van der Waals surface area (Å²) in [6, 6.07) is 18.3. The van der Waals surface area contributed by atoms with E-state index in [2.05, 4.69) is 38.7 Å². The summed E-state index contributed by atoms with van der Waals surface area (Å²) >= 11 is 1.21. The Morgan fingerprint density at radius 2 is 1.91 bits per heavy atom. The Hall–Kier alpha value is -3.59. The van der Waals surface area contributed by atoms with E-state index in [-0.39, 0.29) is 17.6 Å². The summed E-state index contributed by atoms with van der Waals surface area (Å²) in [6.45, 7) is 0. The number of thioether (sulfide) groups is 1. The Labute approximate surface area is 189 Å². The van der Waals surface area contributed by atoms with Gasteiger partial charge in [-0.3, -0.25) is 4.79 Å². The van der Waals surface area contributed by atoms with Crippen LogP contribution in [0.3, 0.4) is 0 Å². The van der Waals surface area contributed by atoms with Crippen LogP contribution in [-0.2, 0) is 17.6 Å². The summed E-state index contributed by atoms with van der Waals surface area (Å²) in [5.41, 5.74) is 11.1. The maximum absolute atomic E-state index is 12.6. The number of aromatic nitrogens is 5. The Kier molecular flexibility index (Phi) is 5.64. The summed E-state index contributed by atoms with van der Waals surface area (Å²) in [4.78, 5) is 16.7. The maximum atomic E-state index is 12.6. The monoisotopic (exact) mass is 445 g/mol. The number of amides is 1. The molecule has 0 unspecified atom stereocenters. The van der Waals surface area contributed by atoms with E-state index >= 15 is 0 Å². The van der Waals surface area contributed by atoms with Crippen molar-refractivity contribution < 1.29 is 4.79 Å². The van der Waals surface area contributed by atoms with Gasteiger partial charge in [0.15, 0.2) is 0 Å². The number of para-hydroxylation sites is 1. The van der Waals surface area contributed by atoms with Crippen LogP contribution in [0.4, 0.5) is 11.8 Å². The fourth-order valence-corrected chi connectivity index (χ4v) is 4.51. The minimum absolute atomic E-state index is 0.158. The topological polar surface area (TPSA) is 115 Å². The van der Waals surface area contributed by atoms with Gasteiger partial charge in [-0.1, -0.05) is 42.1 Å². The van der Waals surface area contributed by atoms with Gasteiger partial charge in [-0.25, -0.2) is 9.78 Å². The number of nitrogen functional groups attached to an aromatic ring is 1. The Morgan fingerprint density at radius 3 is 2.69 bits per heavy atom. The van der Waals surface area contributed by atoms with Crippen LogP contribution < -0.4 is 11.1 Å². The van der Waals surface area contributed by atoms with Crippen LogP contribution in [0.1, 0.15) is 24.0 Å². The van der Waals surface area contributed by atoms with Gasteiger partial charge in [-0.15, -0.1) is 5.10 Å². The quantitative estimate of drug-likeness (QED) is 0.388. The Balaban J connectivity index is 1.42. The second-order valence-corrected chi connectivity index (χ2v) is 8.64. The summed E-state index contributed by atoms with van der Waals surface area (Å²) in [6.07, 6.45) is 4.73. The van der Waals surface area contributed by atoms with Crippen molar-refractivity contribution in [3.05, 3.63) is 65.7 Å². The van der Waals surface area contributed by atoms with Gasteiger partial charge in [0.1, 0.15) is 5.82 Å². The lowest BCUT2D eigenvalue weighted by Gasteiger charge is -2.16. The maximum Gasteiger partial charge on any atom is 0.236 e. The van der Waals surface area contributed by atoms with E-state index in [1.807, 2.05) is 36.4 Å². The van der Waals surface area contributed by atoms with Gasteiger partial charge in [0.25, 0.3) is 0 Å². The van der Waals surface area contributed by atoms with Crippen LogP contribution in [0, 0.1) is 0 Å². The van der Waals surface area contributed by atoms with Crippen molar-refractivity contribution in [1.29, 1.82) is 0 Å². The Bertz CT molecular complexity index is 1250. The van der Waals surface area contributed by atoms with Crippen LogP contribution >= 0.6 is 11.8 Å². The third-order valence-electron chi connectivity index (χ3n) is 5.44. The number of nitrogens with two attached hydrogens (primary N) is 1. The molecule has 1 aliphatic carbocycles. The molecule has 8 nitrogen and oxygen atoms in total. The fraction of sp³-hybridized carbons (Fsp3) is 0.217. The first kappa shape index (κ1) is 20.3. The number of hydrogen-bond donors (Lipinski definition) is 3. The first-order chi connectivity index (χ1) is 15.7. The van der Waals surface area contributed by atoms with E-state index in [1.54, 1.807) is 4.68 Å². The van der Waals surface area contributed by atoms with Crippen molar-refractivity contribution in [2.24, 2.45) is 0 Å². The molecule has 162 valence electrons. The number of aromatic amines is 1. The van der Waals surface area contributed by atoms with Gasteiger partial charge in [0, 0.05) is 11.6 Å². The minimum Gasteiger partial charge on any atom is -0.368 e. The number of aryl methyl sites for hydroxylation is 2. The SMILES string of the molecule is Nc1nc(SCC(=O)Nc2cc(-c3ccc4c(c3)CCCC4)nn2-c2ccccc2)n[nH]1. The highest BCUT2D eigenvalue weighted by atomic mass is 32.2. The lowest BCUT2D eigenvalue weighted by molar-refractivity contribution is -0.113. The van der Waals surface area contributed by atoms with Gasteiger partial charge in [0.05, 0.1) is 17.1 Å². The number of hydrogen-bond acceptors (Lipinski definition) is 6. The van der Waals surface area contributed by atoms with E-state index in [1.165, 1.54) is 35.7 Å². The molecule has 32 heavy (non-hydrogen) atoms. The molecule has 2 aromatic carbocycles. The zero-order valence-electron chi connectivity index (χ0n) is 17.4. The van der Waals surface area contributed by atoms with Crippen molar-refractivity contribution in [3.63, 3.8) is 0 Å². The fourth-order valence-electron chi connectivity index (χ4n) is 3.90. The van der Waals surface area contributed by atoms with Gasteiger partial charge in [0.2, 0.25) is 17.0 Å². The number of anilines is 2. The first-order valence-corrected chi connectivity index (χ1v) is 11.5. The number of nitrogens with zero attached hydrogens (tertiary/aromatic N) is 4. The van der Waals surface area contributed by atoms with Crippen molar-refractivity contribution in [2.75, 3.05) is 16.8 Å². The molecule has 0 saturated carbocycles. The lowest BCUT2D eigenvalue weighted by atomic mass is 9.90. The van der Waals surface area contributed by atoms with Gasteiger partial charge < -0.3 is 11.1 Å². The molecule has 4 aromatic rings. The summed E-state index contributed by atoms with van der Waals surface area (Å²) in [5, 5.41) is 14.7. The number of carbonyl (C=O) groups excluding carboxylic acids is 1. The third kappa shape index (κ3) is 4.38. The highest BCUT2D eigenvalue weighted by molar-refractivity contribution is 7.99. The molecule has 0 radical (unpaired) electrons. The molecule has 0 spiro atoms. The highest BCUT2D eigenvalue weighted by Crippen LogP contribution is 2.29. The second kappa shape index (κ2) is 8.88. The van der Waals surface area contributed by atoms with Gasteiger partial charge >= 0.3 is 0 Å². The molecule has 1 aliphatic rings. The molecule has 1 amide bonds. The van der Waals surface area contributed by atoms with E-state index in [0.29, 0.717) is 11.0 Å². The standard InChI is InChI=1S/C23H23N7OS/c24-22-26-23(28-27-22)32-14-21(31)25-20-13-19(29-30(20)18-8-2-1-3-9-18)17-11-10-15-6-4-5-7-16(15)12-17/h1-3,8-13H,4-7,14H2,(H,25,31)(H3,24,26,27,28). The molecule has 0 atom stereocenters. The Morgan fingerprint density at radius 1 is 1.09 bits per heavy atom. The van der Waals surface area contributed by atoms with Crippen molar-refractivity contribution >= 4 is 29.4 Å². The average Bonchev–Trinajstić information content (AvgIpc) is 3.44. The van der Waals surface area contributed by atoms with E-state index < -0.39 is 0 Å². The predicted octanol–water partition coefficient (Wildman–Crippen LogP) is 3.85. The molecule has 0 fully saturated rings. The van der Waals surface area contributed by atoms with E-state index in [9.17, 15) is 4.79 Å². The zero-order chi connectivity index (χ0) is 21.9. The summed E-state index contributed by atoms with van der Waals surface area (Å²) in [5.74, 6) is 0.826. The smallest absolute Gasteiger partial charge is 0.236 e. The van der Waals surface area contributed by atoms with E-state index in [0.717, 1.165) is 29.8 Å². The lowest BCUT2D eigenvalue weighted by Crippen LogP contribution is -2.17. The van der Waals surface area contributed by atoms with Crippen LogP contribution in [0.15, 0.2) is 59.8 Å². The second-order valence-electron chi connectivity index (χ2n) is 7.69. The molecule has 0 bridgehead atoms. The number of benzene rings is 2. The molecule has 0 aliphatic heterocycles. The van der Waals surface area contributed by atoms with E-state index in [4.69, 9.17) is 10.8 Å². The molecule has 4 N–H and O–H groups in total. The molecule has 5 rings (SSSR count). The van der Waals surface area contributed by atoms with Gasteiger partial charge in [-0.2, -0.15) is 10.1 Å². The third-order valence-corrected chi connectivity index (χ3v) is 6.28. The molecular formula is C23H23N7OS. The van der Waals surface area contributed by atoms with Crippen molar-refractivity contribution in [3.8, 4) is 16.9 Å².